The highest BCUT2D eigenvalue weighted by atomic mass is 79.9. The monoisotopic (exact) mass is 466 g/mol. The maximum atomic E-state index is 10.7. The lowest BCUT2D eigenvalue weighted by Gasteiger charge is -2.29. The standard InChI is InChI=1S/C17H26N2O3.2BrH/c1-14-10-15(12-18-2-6-21-7-3-18)17(20)16(11-14)13-19-4-8-22-9-5-19;;/h10-11,20H,2-9,12-13H2,1H3;2*1H. The first-order valence-corrected chi connectivity index (χ1v) is 8.14. The van der Waals surface area contributed by atoms with Gasteiger partial charge in [-0.25, -0.2) is 0 Å². The van der Waals surface area contributed by atoms with Gasteiger partial charge in [-0.05, 0) is 6.92 Å². The zero-order valence-electron chi connectivity index (χ0n) is 14.2. The van der Waals surface area contributed by atoms with E-state index >= 15 is 0 Å². The lowest BCUT2D eigenvalue weighted by Crippen LogP contribution is -2.36. The predicted octanol–water partition coefficient (Wildman–Crippen LogP) is 2.52. The maximum Gasteiger partial charge on any atom is 0.124 e. The van der Waals surface area contributed by atoms with Gasteiger partial charge < -0.3 is 14.6 Å². The number of phenols is 1. The third-order valence-electron chi connectivity index (χ3n) is 4.41. The molecule has 138 valence electrons. The van der Waals surface area contributed by atoms with Crippen molar-refractivity contribution in [2.45, 2.75) is 20.0 Å². The molecule has 5 nitrogen and oxygen atoms in total. The van der Waals surface area contributed by atoms with Gasteiger partial charge in [-0.1, -0.05) is 17.7 Å². The van der Waals surface area contributed by atoms with Crippen molar-refractivity contribution in [3.05, 3.63) is 28.8 Å². The minimum atomic E-state index is 0. The fourth-order valence-electron chi connectivity index (χ4n) is 3.18. The largest absolute Gasteiger partial charge is 0.507 e. The molecule has 0 amide bonds. The Morgan fingerprint density at radius 2 is 1.21 bits per heavy atom. The molecule has 0 unspecified atom stereocenters. The van der Waals surface area contributed by atoms with Crippen molar-refractivity contribution in [3.63, 3.8) is 0 Å². The quantitative estimate of drug-likeness (QED) is 0.737. The van der Waals surface area contributed by atoms with Crippen molar-refractivity contribution >= 4 is 34.0 Å². The van der Waals surface area contributed by atoms with Gasteiger partial charge in [-0.3, -0.25) is 9.80 Å². The molecule has 2 saturated heterocycles. The van der Waals surface area contributed by atoms with E-state index in [0.717, 1.165) is 76.8 Å². The number of nitrogens with zero attached hydrogens (tertiary/aromatic N) is 2. The average Bonchev–Trinajstić information content (AvgIpc) is 2.54. The number of aryl methyl sites for hydroxylation is 1. The van der Waals surface area contributed by atoms with E-state index in [0.29, 0.717) is 5.75 Å². The van der Waals surface area contributed by atoms with Gasteiger partial charge in [-0.15, -0.1) is 34.0 Å². The molecule has 0 radical (unpaired) electrons. The number of halogens is 2. The number of ether oxygens (including phenoxy) is 2. The molecule has 0 bridgehead atoms. The fourth-order valence-corrected chi connectivity index (χ4v) is 3.18. The molecule has 0 aliphatic carbocycles. The van der Waals surface area contributed by atoms with Gasteiger partial charge >= 0.3 is 0 Å². The number of morpholine rings is 2. The third-order valence-corrected chi connectivity index (χ3v) is 4.41. The smallest absolute Gasteiger partial charge is 0.124 e. The highest BCUT2D eigenvalue weighted by Crippen LogP contribution is 2.27. The zero-order chi connectivity index (χ0) is 15.4. The summed E-state index contributed by atoms with van der Waals surface area (Å²) in [6.45, 7) is 10.6. The molecule has 0 spiro atoms. The molecule has 2 heterocycles. The highest BCUT2D eigenvalue weighted by molar-refractivity contribution is 8.93. The van der Waals surface area contributed by atoms with Gasteiger partial charge in [0.1, 0.15) is 5.75 Å². The number of hydrogen-bond donors (Lipinski definition) is 1. The summed E-state index contributed by atoms with van der Waals surface area (Å²) >= 11 is 0. The van der Waals surface area contributed by atoms with Crippen LogP contribution in [-0.2, 0) is 22.6 Å². The Bertz CT molecular complexity index is 464. The van der Waals surface area contributed by atoms with Crippen molar-refractivity contribution in [2.75, 3.05) is 52.6 Å². The van der Waals surface area contributed by atoms with E-state index < -0.39 is 0 Å². The summed E-state index contributed by atoms with van der Waals surface area (Å²) in [7, 11) is 0. The Morgan fingerprint density at radius 3 is 1.58 bits per heavy atom. The fraction of sp³-hybridized carbons (Fsp3) is 0.647. The Morgan fingerprint density at radius 1 is 0.833 bits per heavy atom. The molecule has 7 heteroatoms. The first-order valence-electron chi connectivity index (χ1n) is 8.14. The molecule has 0 saturated carbocycles. The summed E-state index contributed by atoms with van der Waals surface area (Å²) in [5.74, 6) is 0.462. The molecule has 1 aromatic rings. The molecule has 0 aromatic heterocycles. The van der Waals surface area contributed by atoms with E-state index in [4.69, 9.17) is 9.47 Å². The topological polar surface area (TPSA) is 45.2 Å². The van der Waals surface area contributed by atoms with Gasteiger partial charge in [0.2, 0.25) is 0 Å². The van der Waals surface area contributed by atoms with Crippen LogP contribution < -0.4 is 0 Å². The van der Waals surface area contributed by atoms with Crippen molar-refractivity contribution < 1.29 is 14.6 Å². The number of phenolic OH excluding ortho intramolecular Hbond substituents is 1. The molecular weight excluding hydrogens is 440 g/mol. The number of benzene rings is 1. The normalized spacial score (nSPS) is 19.4. The minimum Gasteiger partial charge on any atom is -0.507 e. The zero-order valence-corrected chi connectivity index (χ0v) is 17.6. The van der Waals surface area contributed by atoms with Crippen LogP contribution in [0.1, 0.15) is 16.7 Å². The SMILES string of the molecule is Br.Br.Cc1cc(CN2CCOCC2)c(O)c(CN2CCOCC2)c1. The Kier molecular flexibility index (Phi) is 9.77. The predicted molar refractivity (Wildman–Crippen MR) is 106 cm³/mol. The molecule has 0 atom stereocenters. The number of rotatable bonds is 4. The highest BCUT2D eigenvalue weighted by Gasteiger charge is 2.17. The second-order valence-corrected chi connectivity index (χ2v) is 6.21. The van der Waals surface area contributed by atoms with Crippen molar-refractivity contribution in [2.24, 2.45) is 0 Å². The molecule has 2 fully saturated rings. The van der Waals surface area contributed by atoms with Gasteiger partial charge in [0.15, 0.2) is 0 Å². The first-order chi connectivity index (χ1) is 10.7. The van der Waals surface area contributed by atoms with Gasteiger partial charge in [0.05, 0.1) is 26.4 Å². The maximum absolute atomic E-state index is 10.7. The van der Waals surface area contributed by atoms with E-state index in [9.17, 15) is 5.11 Å². The lowest BCUT2D eigenvalue weighted by molar-refractivity contribution is 0.0327. The van der Waals surface area contributed by atoms with Gasteiger partial charge in [0.25, 0.3) is 0 Å². The number of hydrogen-bond acceptors (Lipinski definition) is 5. The van der Waals surface area contributed by atoms with Crippen LogP contribution in [0.5, 0.6) is 5.75 Å². The van der Waals surface area contributed by atoms with E-state index in [-0.39, 0.29) is 34.0 Å². The van der Waals surface area contributed by atoms with Crippen LogP contribution in [-0.4, -0.2) is 67.5 Å². The van der Waals surface area contributed by atoms with E-state index in [2.05, 4.69) is 28.9 Å². The van der Waals surface area contributed by atoms with Crippen LogP contribution in [0, 0.1) is 6.92 Å². The number of aromatic hydroxyl groups is 1. The summed E-state index contributed by atoms with van der Waals surface area (Å²) in [5, 5.41) is 10.7. The van der Waals surface area contributed by atoms with Crippen molar-refractivity contribution in [1.82, 2.24) is 9.80 Å². The second-order valence-electron chi connectivity index (χ2n) is 6.21. The molecule has 1 N–H and O–H groups in total. The average molecular weight is 468 g/mol. The molecule has 1 aromatic carbocycles. The summed E-state index contributed by atoms with van der Waals surface area (Å²) < 4.78 is 10.8. The lowest BCUT2D eigenvalue weighted by atomic mass is 10.0. The van der Waals surface area contributed by atoms with Crippen LogP contribution in [0.2, 0.25) is 0 Å². The summed E-state index contributed by atoms with van der Waals surface area (Å²) in [4.78, 5) is 4.69. The van der Waals surface area contributed by atoms with Gasteiger partial charge in [-0.2, -0.15) is 0 Å². The molecule has 2 aliphatic rings. The summed E-state index contributed by atoms with van der Waals surface area (Å²) in [5.41, 5.74) is 3.28. The first kappa shape index (κ1) is 21.9. The van der Waals surface area contributed by atoms with Crippen LogP contribution in [0.3, 0.4) is 0 Å². The van der Waals surface area contributed by atoms with Crippen LogP contribution in [0.15, 0.2) is 12.1 Å². The van der Waals surface area contributed by atoms with E-state index in [1.807, 2.05) is 0 Å². The van der Waals surface area contributed by atoms with Crippen LogP contribution in [0.25, 0.3) is 0 Å². The van der Waals surface area contributed by atoms with E-state index in [1.165, 1.54) is 5.56 Å². The Hall–Kier alpha value is -0.180. The molecular formula is C17H28Br2N2O3. The van der Waals surface area contributed by atoms with Crippen LogP contribution in [0.4, 0.5) is 0 Å². The molecule has 24 heavy (non-hydrogen) atoms. The molecule has 2 aliphatic heterocycles. The van der Waals surface area contributed by atoms with Gasteiger partial charge in [0, 0.05) is 50.4 Å². The van der Waals surface area contributed by atoms with Crippen molar-refractivity contribution in [1.29, 1.82) is 0 Å². The molecule has 3 rings (SSSR count). The summed E-state index contributed by atoms with van der Waals surface area (Å²) in [6, 6.07) is 4.21. The minimum absolute atomic E-state index is 0. The third kappa shape index (κ3) is 5.97. The van der Waals surface area contributed by atoms with Crippen molar-refractivity contribution in [3.8, 4) is 5.75 Å². The van der Waals surface area contributed by atoms with Crippen LogP contribution >= 0.6 is 34.0 Å². The second kappa shape index (κ2) is 10.7. The Balaban J connectivity index is 0.00000144. The van der Waals surface area contributed by atoms with E-state index in [1.54, 1.807) is 0 Å². The Labute approximate surface area is 165 Å². The summed E-state index contributed by atoms with van der Waals surface area (Å²) in [6.07, 6.45) is 0.